The summed E-state index contributed by atoms with van der Waals surface area (Å²) in [5.74, 6) is -0.960. The van der Waals surface area contributed by atoms with Crippen LogP contribution >= 0.6 is 0 Å². The summed E-state index contributed by atoms with van der Waals surface area (Å²) in [6.45, 7) is 7.37. The van der Waals surface area contributed by atoms with Crippen molar-refractivity contribution >= 4 is 11.9 Å². The normalized spacial score (nSPS) is 24.5. The van der Waals surface area contributed by atoms with Gasteiger partial charge in [-0.05, 0) is 42.9 Å². The molecule has 0 saturated carbocycles. The summed E-state index contributed by atoms with van der Waals surface area (Å²) in [5.41, 5.74) is 2.11. The number of fused-ring (bicyclic) bond motifs is 1. The second kappa shape index (κ2) is 12.2. The summed E-state index contributed by atoms with van der Waals surface area (Å²) in [6.07, 6.45) is 3.27. The fourth-order valence-corrected chi connectivity index (χ4v) is 5.43. The molecule has 35 heavy (non-hydrogen) atoms. The van der Waals surface area contributed by atoms with Crippen molar-refractivity contribution in [2.45, 2.75) is 64.2 Å². The maximum atomic E-state index is 13.2. The van der Waals surface area contributed by atoms with Crippen molar-refractivity contribution < 1.29 is 33.7 Å². The minimum absolute atomic E-state index is 0.120. The molecule has 0 spiro atoms. The Labute approximate surface area is 207 Å². The van der Waals surface area contributed by atoms with Gasteiger partial charge in [0, 0.05) is 31.5 Å². The summed E-state index contributed by atoms with van der Waals surface area (Å²) in [7, 11) is 0. The van der Waals surface area contributed by atoms with Crippen molar-refractivity contribution in [2.75, 3.05) is 46.1 Å². The number of hydroxylamine groups is 2. The average Bonchev–Trinajstić information content (AvgIpc) is 3.59. The van der Waals surface area contributed by atoms with E-state index >= 15 is 0 Å². The van der Waals surface area contributed by atoms with Gasteiger partial charge in [0.1, 0.15) is 5.75 Å². The molecule has 0 radical (unpaired) electrons. The second-order valence-electron chi connectivity index (χ2n) is 9.51. The van der Waals surface area contributed by atoms with Gasteiger partial charge in [0.25, 0.3) is 5.91 Å². The summed E-state index contributed by atoms with van der Waals surface area (Å²) in [4.78, 5) is 33.6. The van der Waals surface area contributed by atoms with Crippen molar-refractivity contribution in [1.82, 2.24) is 9.96 Å². The molecule has 194 valence electrons. The summed E-state index contributed by atoms with van der Waals surface area (Å²) in [6, 6.07) is 5.70. The number of carbonyl (C=O) groups excluding carboxylic acids is 1. The fourth-order valence-electron chi connectivity index (χ4n) is 5.43. The van der Waals surface area contributed by atoms with Gasteiger partial charge in [0.2, 0.25) is 0 Å². The van der Waals surface area contributed by atoms with E-state index < -0.39 is 11.9 Å². The van der Waals surface area contributed by atoms with E-state index in [1.807, 2.05) is 30.9 Å². The highest BCUT2D eigenvalue weighted by Gasteiger charge is 2.47. The van der Waals surface area contributed by atoms with Gasteiger partial charge >= 0.3 is 5.97 Å². The molecule has 1 aromatic rings. The lowest BCUT2D eigenvalue weighted by Crippen LogP contribution is -2.44. The van der Waals surface area contributed by atoms with Crippen LogP contribution in [0, 0.1) is 5.92 Å². The molecule has 9 nitrogen and oxygen atoms in total. The highest BCUT2D eigenvalue weighted by molar-refractivity contribution is 5.78. The SMILES string of the molecule is CCCON(CCC)C(=O)CN1CC(c2ccc3c(c2)CCO3)C(C(=O)O)C1CCC1OCCO1. The summed E-state index contributed by atoms with van der Waals surface area (Å²) < 4.78 is 16.9. The van der Waals surface area contributed by atoms with Gasteiger partial charge in [-0.2, -0.15) is 0 Å². The number of benzene rings is 1. The third-order valence-corrected chi connectivity index (χ3v) is 7.06. The van der Waals surface area contributed by atoms with Gasteiger partial charge in [-0.15, -0.1) is 0 Å². The Kier molecular flexibility index (Phi) is 8.99. The highest BCUT2D eigenvalue weighted by Crippen LogP contribution is 2.41. The molecule has 2 fully saturated rings. The number of ether oxygens (including phenoxy) is 3. The smallest absolute Gasteiger partial charge is 0.308 e. The highest BCUT2D eigenvalue weighted by atomic mass is 16.7. The molecule has 3 aliphatic rings. The summed E-state index contributed by atoms with van der Waals surface area (Å²) in [5, 5.41) is 11.8. The van der Waals surface area contributed by atoms with E-state index in [-0.39, 0.29) is 30.7 Å². The number of likely N-dealkylation sites (tertiary alicyclic amines) is 1. The van der Waals surface area contributed by atoms with E-state index in [1.54, 1.807) is 0 Å². The van der Waals surface area contributed by atoms with Crippen molar-refractivity contribution in [2.24, 2.45) is 5.92 Å². The zero-order valence-corrected chi connectivity index (χ0v) is 20.8. The molecule has 3 unspecified atom stereocenters. The Balaban J connectivity index is 1.56. The number of carboxylic acids is 1. The first-order valence-corrected chi connectivity index (χ1v) is 12.9. The molecule has 3 heterocycles. The predicted octanol–water partition coefficient (Wildman–Crippen LogP) is 2.82. The zero-order valence-electron chi connectivity index (χ0n) is 20.8. The van der Waals surface area contributed by atoms with Crippen LogP contribution in [0.15, 0.2) is 18.2 Å². The number of amides is 1. The van der Waals surface area contributed by atoms with Crippen LogP contribution in [0.5, 0.6) is 5.75 Å². The van der Waals surface area contributed by atoms with E-state index in [0.29, 0.717) is 52.4 Å². The standard InChI is InChI=1S/C26H38N2O7/c1-3-10-28(35-11-4-2)23(29)17-27-16-20(18-5-7-22-19(15-18)9-12-32-22)25(26(30)31)21(27)6-8-24-33-13-14-34-24/h5,7,15,20-21,24-25H,3-4,6,8-14,16-17H2,1-2H3,(H,30,31). The van der Waals surface area contributed by atoms with E-state index in [1.165, 1.54) is 5.06 Å². The first-order chi connectivity index (χ1) is 17.0. The average molecular weight is 491 g/mol. The van der Waals surface area contributed by atoms with Crippen molar-refractivity contribution in [3.63, 3.8) is 0 Å². The molecule has 9 heteroatoms. The molecule has 1 N–H and O–H groups in total. The minimum Gasteiger partial charge on any atom is -0.493 e. The van der Waals surface area contributed by atoms with Crippen LogP contribution in [0.1, 0.15) is 56.6 Å². The number of hydrogen-bond donors (Lipinski definition) is 1. The maximum Gasteiger partial charge on any atom is 0.308 e. The Morgan fingerprint density at radius 3 is 2.66 bits per heavy atom. The van der Waals surface area contributed by atoms with Crippen LogP contribution in [0.2, 0.25) is 0 Å². The van der Waals surface area contributed by atoms with Crippen molar-refractivity contribution in [1.29, 1.82) is 0 Å². The molecule has 3 atom stereocenters. The first kappa shape index (κ1) is 25.9. The molecule has 2 saturated heterocycles. The molecule has 4 rings (SSSR count). The quantitative estimate of drug-likeness (QED) is 0.447. The van der Waals surface area contributed by atoms with Gasteiger partial charge in [-0.25, -0.2) is 5.06 Å². The molecular formula is C26H38N2O7. The molecule has 1 aromatic carbocycles. The lowest BCUT2D eigenvalue weighted by Gasteiger charge is -2.29. The second-order valence-corrected chi connectivity index (χ2v) is 9.51. The van der Waals surface area contributed by atoms with Gasteiger partial charge in [-0.1, -0.05) is 26.0 Å². The number of rotatable bonds is 12. The molecule has 3 aliphatic heterocycles. The Bertz CT molecular complexity index is 873. The Morgan fingerprint density at radius 2 is 1.94 bits per heavy atom. The predicted molar refractivity (Wildman–Crippen MR) is 128 cm³/mol. The molecule has 0 aromatic heterocycles. The monoisotopic (exact) mass is 490 g/mol. The minimum atomic E-state index is -0.840. The van der Waals surface area contributed by atoms with Crippen molar-refractivity contribution in [3.05, 3.63) is 29.3 Å². The lowest BCUT2D eigenvalue weighted by molar-refractivity contribution is -0.188. The van der Waals surface area contributed by atoms with Gasteiger partial charge in [-0.3, -0.25) is 19.3 Å². The van der Waals surface area contributed by atoms with Crippen LogP contribution in [0.25, 0.3) is 0 Å². The van der Waals surface area contributed by atoms with Crippen LogP contribution in [-0.2, 0) is 30.3 Å². The van der Waals surface area contributed by atoms with Gasteiger partial charge < -0.3 is 19.3 Å². The molecule has 0 aliphatic carbocycles. The van der Waals surface area contributed by atoms with Crippen molar-refractivity contribution in [3.8, 4) is 5.75 Å². The summed E-state index contributed by atoms with van der Waals surface area (Å²) >= 11 is 0. The number of carbonyl (C=O) groups is 2. The fraction of sp³-hybridized carbons (Fsp3) is 0.692. The van der Waals surface area contributed by atoms with Gasteiger partial charge in [0.05, 0.1) is 38.9 Å². The zero-order chi connectivity index (χ0) is 24.8. The Hall–Kier alpha value is -2.20. The number of carboxylic acid groups (broad SMARTS) is 1. The largest absolute Gasteiger partial charge is 0.493 e. The third kappa shape index (κ3) is 6.14. The van der Waals surface area contributed by atoms with E-state index in [0.717, 1.165) is 36.1 Å². The lowest BCUT2D eigenvalue weighted by atomic mass is 9.83. The number of aliphatic carboxylic acids is 1. The molecular weight excluding hydrogens is 452 g/mol. The number of hydrogen-bond acceptors (Lipinski definition) is 7. The first-order valence-electron chi connectivity index (χ1n) is 12.9. The van der Waals surface area contributed by atoms with E-state index in [4.69, 9.17) is 19.0 Å². The van der Waals surface area contributed by atoms with E-state index in [9.17, 15) is 14.7 Å². The van der Waals surface area contributed by atoms with Gasteiger partial charge in [0.15, 0.2) is 6.29 Å². The molecule has 1 amide bonds. The van der Waals surface area contributed by atoms with Crippen LogP contribution in [-0.4, -0.2) is 85.3 Å². The maximum absolute atomic E-state index is 13.2. The topological polar surface area (TPSA) is 97.8 Å². The number of nitrogens with zero attached hydrogens (tertiary/aromatic N) is 2. The third-order valence-electron chi connectivity index (χ3n) is 7.06. The van der Waals surface area contributed by atoms with Crippen LogP contribution in [0.4, 0.5) is 0 Å². The van der Waals surface area contributed by atoms with Crippen LogP contribution in [0.3, 0.4) is 0 Å². The molecule has 0 bridgehead atoms. The van der Waals surface area contributed by atoms with Crippen LogP contribution < -0.4 is 4.74 Å². The Morgan fingerprint density at radius 1 is 1.14 bits per heavy atom. The van der Waals surface area contributed by atoms with E-state index in [2.05, 4.69) is 6.07 Å².